The molecule has 2 aliphatic heterocycles. The van der Waals surface area contributed by atoms with Crippen molar-refractivity contribution in [2.45, 2.75) is 12.8 Å². The first kappa shape index (κ1) is 13.9. The number of hydrogen-bond donors (Lipinski definition) is 1. The van der Waals surface area contributed by atoms with Gasteiger partial charge in [0, 0.05) is 24.8 Å². The lowest BCUT2D eigenvalue weighted by atomic mass is 10.2. The predicted octanol–water partition coefficient (Wildman–Crippen LogP) is 2.79. The van der Waals surface area contributed by atoms with Crippen molar-refractivity contribution in [3.8, 4) is 11.5 Å². The molecule has 1 fully saturated rings. The molecule has 4 rings (SSSR count). The third-order valence-electron chi connectivity index (χ3n) is 4.04. The van der Waals surface area contributed by atoms with Gasteiger partial charge in [0.2, 0.25) is 6.79 Å². The standard InChI is InChI=1S/C17H17N3O3/c21-17(20-7-1-2-8-20)14-5-3-13(10-18-14)19-12-4-6-15-16(9-12)23-11-22-15/h3-6,9-10,19H,1-2,7-8,11H2. The maximum Gasteiger partial charge on any atom is 0.272 e. The van der Waals surface area contributed by atoms with Crippen LogP contribution in [-0.2, 0) is 0 Å². The lowest BCUT2D eigenvalue weighted by Gasteiger charge is -2.14. The van der Waals surface area contributed by atoms with Crippen LogP contribution in [0.4, 0.5) is 11.4 Å². The van der Waals surface area contributed by atoms with E-state index in [9.17, 15) is 4.79 Å². The topological polar surface area (TPSA) is 63.7 Å². The van der Waals surface area contributed by atoms with Crippen molar-refractivity contribution >= 4 is 17.3 Å². The third-order valence-corrected chi connectivity index (χ3v) is 4.04. The van der Waals surface area contributed by atoms with Gasteiger partial charge in [-0.25, -0.2) is 4.98 Å². The fourth-order valence-corrected chi connectivity index (χ4v) is 2.82. The van der Waals surface area contributed by atoms with Crippen molar-refractivity contribution < 1.29 is 14.3 Å². The Bertz CT molecular complexity index is 724. The van der Waals surface area contributed by atoms with Gasteiger partial charge in [-0.15, -0.1) is 0 Å². The number of likely N-dealkylation sites (tertiary alicyclic amines) is 1. The molecule has 0 radical (unpaired) electrons. The smallest absolute Gasteiger partial charge is 0.272 e. The van der Waals surface area contributed by atoms with Gasteiger partial charge in [0.15, 0.2) is 11.5 Å². The first-order valence-corrected chi connectivity index (χ1v) is 7.71. The lowest BCUT2D eigenvalue weighted by molar-refractivity contribution is 0.0787. The number of nitrogens with one attached hydrogen (secondary N) is 1. The van der Waals surface area contributed by atoms with Crippen LogP contribution < -0.4 is 14.8 Å². The Morgan fingerprint density at radius 1 is 1.04 bits per heavy atom. The number of rotatable bonds is 3. The molecule has 0 atom stereocenters. The minimum atomic E-state index is 0.0112. The number of carbonyl (C=O) groups excluding carboxylic acids is 1. The van der Waals surface area contributed by atoms with E-state index < -0.39 is 0 Å². The number of benzene rings is 1. The summed E-state index contributed by atoms with van der Waals surface area (Å²) in [5.74, 6) is 1.49. The molecule has 0 spiro atoms. The Labute approximate surface area is 134 Å². The van der Waals surface area contributed by atoms with Crippen molar-refractivity contribution in [3.63, 3.8) is 0 Å². The molecule has 1 N–H and O–H groups in total. The van der Waals surface area contributed by atoms with Gasteiger partial charge in [-0.1, -0.05) is 0 Å². The molecule has 6 nitrogen and oxygen atoms in total. The van der Waals surface area contributed by atoms with Crippen LogP contribution in [0.25, 0.3) is 0 Å². The summed E-state index contributed by atoms with van der Waals surface area (Å²) in [5.41, 5.74) is 2.19. The molecule has 1 amide bonds. The minimum absolute atomic E-state index is 0.0112. The molecule has 23 heavy (non-hydrogen) atoms. The van der Waals surface area contributed by atoms with Crippen LogP contribution in [0.15, 0.2) is 36.5 Å². The molecule has 1 aromatic heterocycles. The number of amides is 1. The zero-order chi connectivity index (χ0) is 15.6. The van der Waals surface area contributed by atoms with E-state index in [-0.39, 0.29) is 12.7 Å². The first-order chi connectivity index (χ1) is 11.3. The third kappa shape index (κ3) is 2.79. The van der Waals surface area contributed by atoms with Gasteiger partial charge in [0.25, 0.3) is 5.91 Å². The van der Waals surface area contributed by atoms with Crippen molar-refractivity contribution in [1.82, 2.24) is 9.88 Å². The van der Waals surface area contributed by atoms with E-state index in [1.165, 1.54) is 0 Å². The maximum atomic E-state index is 12.3. The molecule has 118 valence electrons. The van der Waals surface area contributed by atoms with Gasteiger partial charge >= 0.3 is 0 Å². The molecule has 0 bridgehead atoms. The number of carbonyl (C=O) groups is 1. The summed E-state index contributed by atoms with van der Waals surface area (Å²) in [4.78, 5) is 18.4. The Morgan fingerprint density at radius 2 is 1.83 bits per heavy atom. The summed E-state index contributed by atoms with van der Waals surface area (Å²) in [6.07, 6.45) is 3.83. The highest BCUT2D eigenvalue weighted by Crippen LogP contribution is 2.35. The fraction of sp³-hybridized carbons (Fsp3) is 0.294. The Hall–Kier alpha value is -2.76. The SMILES string of the molecule is O=C(c1ccc(Nc2ccc3c(c2)OCO3)cn1)N1CCCC1. The second kappa shape index (κ2) is 5.79. The molecule has 1 aromatic carbocycles. The molecule has 0 unspecified atom stereocenters. The van der Waals surface area contributed by atoms with Gasteiger partial charge < -0.3 is 19.7 Å². The fourth-order valence-electron chi connectivity index (χ4n) is 2.82. The summed E-state index contributed by atoms with van der Waals surface area (Å²) in [7, 11) is 0. The van der Waals surface area contributed by atoms with E-state index in [1.807, 2.05) is 29.2 Å². The van der Waals surface area contributed by atoms with Gasteiger partial charge in [-0.05, 0) is 37.1 Å². The second-order valence-electron chi connectivity index (χ2n) is 5.62. The Balaban J connectivity index is 1.46. The summed E-state index contributed by atoms with van der Waals surface area (Å²) in [6.45, 7) is 1.92. The summed E-state index contributed by atoms with van der Waals surface area (Å²) in [5, 5.41) is 3.25. The summed E-state index contributed by atoms with van der Waals surface area (Å²) in [6, 6.07) is 9.28. The first-order valence-electron chi connectivity index (χ1n) is 7.71. The van der Waals surface area contributed by atoms with Crippen molar-refractivity contribution in [2.24, 2.45) is 0 Å². The van der Waals surface area contributed by atoms with E-state index in [4.69, 9.17) is 9.47 Å². The maximum absolute atomic E-state index is 12.3. The highest BCUT2D eigenvalue weighted by Gasteiger charge is 2.20. The number of hydrogen-bond acceptors (Lipinski definition) is 5. The zero-order valence-electron chi connectivity index (χ0n) is 12.6. The molecule has 1 saturated heterocycles. The normalized spacial score (nSPS) is 15.7. The largest absolute Gasteiger partial charge is 0.454 e. The number of fused-ring (bicyclic) bond motifs is 1. The second-order valence-corrected chi connectivity index (χ2v) is 5.62. The van der Waals surface area contributed by atoms with Gasteiger partial charge in [-0.3, -0.25) is 4.79 Å². The number of ether oxygens (including phenoxy) is 2. The van der Waals surface area contributed by atoms with Gasteiger partial charge in [0.05, 0.1) is 11.9 Å². The van der Waals surface area contributed by atoms with Crippen LogP contribution in [-0.4, -0.2) is 35.7 Å². The van der Waals surface area contributed by atoms with Crippen LogP contribution in [0.1, 0.15) is 23.3 Å². The summed E-state index contributed by atoms with van der Waals surface area (Å²) >= 11 is 0. The molecule has 3 heterocycles. The quantitative estimate of drug-likeness (QED) is 0.944. The molecular weight excluding hydrogens is 294 g/mol. The van der Waals surface area contributed by atoms with Crippen LogP contribution in [0.5, 0.6) is 11.5 Å². The van der Waals surface area contributed by atoms with Crippen molar-refractivity contribution in [2.75, 3.05) is 25.2 Å². The number of anilines is 2. The van der Waals surface area contributed by atoms with Crippen molar-refractivity contribution in [3.05, 3.63) is 42.2 Å². The Kier molecular flexibility index (Phi) is 3.49. The predicted molar refractivity (Wildman–Crippen MR) is 85.2 cm³/mol. The molecule has 0 aliphatic carbocycles. The molecule has 0 saturated carbocycles. The summed E-state index contributed by atoms with van der Waals surface area (Å²) < 4.78 is 10.6. The molecule has 6 heteroatoms. The van der Waals surface area contributed by atoms with E-state index in [0.29, 0.717) is 5.69 Å². The highest BCUT2D eigenvalue weighted by molar-refractivity contribution is 5.92. The van der Waals surface area contributed by atoms with E-state index in [1.54, 1.807) is 12.3 Å². The lowest BCUT2D eigenvalue weighted by Crippen LogP contribution is -2.28. The van der Waals surface area contributed by atoms with Gasteiger partial charge in [-0.2, -0.15) is 0 Å². The average molecular weight is 311 g/mol. The molecular formula is C17H17N3O3. The van der Waals surface area contributed by atoms with Crippen LogP contribution in [0.2, 0.25) is 0 Å². The minimum Gasteiger partial charge on any atom is -0.454 e. The average Bonchev–Trinajstić information content (AvgIpc) is 3.26. The van der Waals surface area contributed by atoms with Crippen LogP contribution in [0, 0.1) is 0 Å². The van der Waals surface area contributed by atoms with Crippen molar-refractivity contribution in [1.29, 1.82) is 0 Å². The van der Waals surface area contributed by atoms with Crippen LogP contribution in [0.3, 0.4) is 0 Å². The number of pyridine rings is 1. The Morgan fingerprint density at radius 3 is 2.61 bits per heavy atom. The van der Waals surface area contributed by atoms with E-state index >= 15 is 0 Å². The van der Waals surface area contributed by atoms with Gasteiger partial charge in [0.1, 0.15) is 5.69 Å². The molecule has 2 aromatic rings. The number of nitrogens with zero attached hydrogens (tertiary/aromatic N) is 2. The zero-order valence-corrected chi connectivity index (χ0v) is 12.6. The van der Waals surface area contributed by atoms with E-state index in [2.05, 4.69) is 10.3 Å². The monoisotopic (exact) mass is 311 g/mol. The highest BCUT2D eigenvalue weighted by atomic mass is 16.7. The van der Waals surface area contributed by atoms with E-state index in [0.717, 1.165) is 48.8 Å². The number of aromatic nitrogens is 1. The molecule has 2 aliphatic rings. The van der Waals surface area contributed by atoms with Crippen LogP contribution >= 0.6 is 0 Å².